The maximum atomic E-state index is 4.56. The number of hydrogen-bond donors (Lipinski definition) is 2. The van der Waals surface area contributed by atoms with Gasteiger partial charge in [0, 0.05) is 9.65 Å². The van der Waals surface area contributed by atoms with Crippen LogP contribution in [0.1, 0.15) is 20.8 Å². The molecule has 0 aliphatic heterocycles. The Labute approximate surface area is 79.6 Å². The Bertz CT molecular complexity index is 224. The lowest BCUT2D eigenvalue weighted by molar-refractivity contribution is 0.570. The molecule has 0 spiro atoms. The number of rotatable bonds is 0. The molecule has 0 N–H and O–H groups in total. The number of thiol groups is 2. The molecular formula is C9H14S2. The first-order chi connectivity index (χ1) is 4.95. The summed E-state index contributed by atoms with van der Waals surface area (Å²) in [7, 11) is 0. The fourth-order valence-electron chi connectivity index (χ4n) is 1.18. The maximum Gasteiger partial charge on any atom is 0.0346 e. The van der Waals surface area contributed by atoms with Crippen LogP contribution in [0, 0.1) is 5.92 Å². The van der Waals surface area contributed by atoms with E-state index < -0.39 is 0 Å². The molecule has 0 fully saturated rings. The monoisotopic (exact) mass is 186 g/mol. The van der Waals surface area contributed by atoms with E-state index in [0.717, 1.165) is 4.91 Å². The smallest absolute Gasteiger partial charge is 0.0346 e. The lowest BCUT2D eigenvalue weighted by atomic mass is 9.85. The molecule has 62 valence electrons. The van der Waals surface area contributed by atoms with Crippen LogP contribution < -0.4 is 0 Å². The van der Waals surface area contributed by atoms with E-state index in [2.05, 4.69) is 52.1 Å². The normalized spacial score (nSPS) is 38.1. The minimum atomic E-state index is -0.00366. The molecule has 1 rings (SSSR count). The van der Waals surface area contributed by atoms with Crippen LogP contribution in [0.4, 0.5) is 0 Å². The summed E-state index contributed by atoms with van der Waals surface area (Å²) in [5.74, 6) is 0.475. The van der Waals surface area contributed by atoms with Gasteiger partial charge in [-0.2, -0.15) is 12.6 Å². The van der Waals surface area contributed by atoms with E-state index >= 15 is 0 Å². The SMILES string of the molecule is CC1=C(S)C=CC(C)(S)C1C. The van der Waals surface area contributed by atoms with Crippen molar-refractivity contribution in [3.05, 3.63) is 22.6 Å². The molecule has 0 bridgehead atoms. The Morgan fingerprint density at radius 2 is 2.09 bits per heavy atom. The van der Waals surface area contributed by atoms with Gasteiger partial charge in [-0.3, -0.25) is 0 Å². The number of allylic oxidation sites excluding steroid dienone is 2. The highest BCUT2D eigenvalue weighted by Gasteiger charge is 2.28. The molecule has 0 aromatic heterocycles. The molecule has 0 saturated heterocycles. The predicted molar refractivity (Wildman–Crippen MR) is 57.4 cm³/mol. The highest BCUT2D eigenvalue weighted by Crippen LogP contribution is 2.37. The van der Waals surface area contributed by atoms with E-state index in [9.17, 15) is 0 Å². The summed E-state index contributed by atoms with van der Waals surface area (Å²) in [4.78, 5) is 1.09. The van der Waals surface area contributed by atoms with E-state index in [1.807, 2.05) is 6.08 Å². The minimum absolute atomic E-state index is 0.00366. The van der Waals surface area contributed by atoms with Crippen LogP contribution >= 0.6 is 25.3 Å². The molecule has 2 unspecified atom stereocenters. The summed E-state index contributed by atoms with van der Waals surface area (Å²) in [5, 5.41) is 0. The molecule has 1 aliphatic carbocycles. The largest absolute Gasteiger partial charge is 0.168 e. The molecule has 2 heteroatoms. The highest BCUT2D eigenvalue weighted by atomic mass is 32.1. The second-order valence-corrected chi connectivity index (χ2v) is 4.79. The quantitative estimate of drug-likeness (QED) is 0.534. The Kier molecular flexibility index (Phi) is 2.45. The zero-order valence-corrected chi connectivity index (χ0v) is 8.92. The van der Waals surface area contributed by atoms with Crippen molar-refractivity contribution < 1.29 is 0 Å². The topological polar surface area (TPSA) is 0 Å². The lowest BCUT2D eigenvalue weighted by Gasteiger charge is -2.32. The van der Waals surface area contributed by atoms with Crippen molar-refractivity contribution in [3.63, 3.8) is 0 Å². The van der Waals surface area contributed by atoms with Crippen LogP contribution in [-0.4, -0.2) is 4.75 Å². The van der Waals surface area contributed by atoms with Crippen molar-refractivity contribution in [2.24, 2.45) is 5.92 Å². The first-order valence-electron chi connectivity index (χ1n) is 3.76. The van der Waals surface area contributed by atoms with Crippen molar-refractivity contribution in [3.8, 4) is 0 Å². The zero-order valence-electron chi connectivity index (χ0n) is 7.13. The third-order valence-electron chi connectivity index (χ3n) is 2.51. The molecule has 0 heterocycles. The van der Waals surface area contributed by atoms with E-state index in [-0.39, 0.29) is 4.75 Å². The summed E-state index contributed by atoms with van der Waals surface area (Å²) in [5.41, 5.74) is 1.33. The summed E-state index contributed by atoms with van der Waals surface area (Å²) in [6.45, 7) is 6.42. The summed E-state index contributed by atoms with van der Waals surface area (Å²) >= 11 is 8.91. The fourth-order valence-corrected chi connectivity index (χ4v) is 1.72. The van der Waals surface area contributed by atoms with Crippen LogP contribution in [0.25, 0.3) is 0 Å². The van der Waals surface area contributed by atoms with Crippen LogP contribution in [0.15, 0.2) is 22.6 Å². The Hall–Kier alpha value is 0.180. The lowest BCUT2D eigenvalue weighted by Crippen LogP contribution is -2.27. The van der Waals surface area contributed by atoms with Crippen LogP contribution in [0.3, 0.4) is 0 Å². The van der Waals surface area contributed by atoms with E-state index in [1.165, 1.54) is 5.57 Å². The Balaban J connectivity index is 3.01. The van der Waals surface area contributed by atoms with Gasteiger partial charge in [0.05, 0.1) is 0 Å². The molecule has 0 amide bonds. The zero-order chi connectivity index (χ0) is 8.65. The molecular weight excluding hydrogens is 172 g/mol. The second-order valence-electron chi connectivity index (χ2n) is 3.35. The van der Waals surface area contributed by atoms with Gasteiger partial charge in [-0.15, -0.1) is 12.6 Å². The van der Waals surface area contributed by atoms with Crippen LogP contribution in [0.5, 0.6) is 0 Å². The average molecular weight is 186 g/mol. The van der Waals surface area contributed by atoms with Gasteiger partial charge in [0.2, 0.25) is 0 Å². The third-order valence-corrected chi connectivity index (χ3v) is 3.55. The van der Waals surface area contributed by atoms with Crippen LogP contribution in [0.2, 0.25) is 0 Å². The second kappa shape index (κ2) is 2.91. The van der Waals surface area contributed by atoms with Gasteiger partial charge in [-0.1, -0.05) is 24.6 Å². The third kappa shape index (κ3) is 1.67. The highest BCUT2D eigenvalue weighted by molar-refractivity contribution is 7.84. The van der Waals surface area contributed by atoms with Gasteiger partial charge >= 0.3 is 0 Å². The maximum absolute atomic E-state index is 4.56. The van der Waals surface area contributed by atoms with Gasteiger partial charge in [-0.25, -0.2) is 0 Å². The van der Waals surface area contributed by atoms with Crippen molar-refractivity contribution in [2.75, 3.05) is 0 Å². The van der Waals surface area contributed by atoms with Gasteiger partial charge in [0.25, 0.3) is 0 Å². The molecule has 11 heavy (non-hydrogen) atoms. The summed E-state index contributed by atoms with van der Waals surface area (Å²) in [6.07, 6.45) is 4.14. The molecule has 0 nitrogen and oxygen atoms in total. The van der Waals surface area contributed by atoms with Gasteiger partial charge in [0.1, 0.15) is 0 Å². The van der Waals surface area contributed by atoms with E-state index in [0.29, 0.717) is 5.92 Å². The van der Waals surface area contributed by atoms with Crippen molar-refractivity contribution >= 4 is 25.3 Å². The van der Waals surface area contributed by atoms with Gasteiger partial charge in [-0.05, 0) is 19.8 Å². The molecule has 0 radical (unpaired) electrons. The first-order valence-corrected chi connectivity index (χ1v) is 4.66. The van der Waals surface area contributed by atoms with E-state index in [4.69, 9.17) is 0 Å². The first kappa shape index (κ1) is 9.27. The molecule has 0 aromatic carbocycles. The summed E-state index contributed by atoms with van der Waals surface area (Å²) in [6, 6.07) is 0. The fraction of sp³-hybridized carbons (Fsp3) is 0.556. The molecule has 1 aliphatic rings. The van der Waals surface area contributed by atoms with Crippen molar-refractivity contribution in [2.45, 2.75) is 25.5 Å². The minimum Gasteiger partial charge on any atom is -0.168 e. The molecule has 2 atom stereocenters. The standard InChI is InChI=1S/C9H14S2/c1-6-7(2)9(3,11)5-4-8(6)10/h4-5,7,10-11H,1-3H3. The van der Waals surface area contributed by atoms with E-state index in [1.54, 1.807) is 0 Å². The molecule has 0 aromatic rings. The van der Waals surface area contributed by atoms with Gasteiger partial charge in [0.15, 0.2) is 0 Å². The van der Waals surface area contributed by atoms with Crippen molar-refractivity contribution in [1.29, 1.82) is 0 Å². The van der Waals surface area contributed by atoms with Gasteiger partial charge < -0.3 is 0 Å². The Morgan fingerprint density at radius 1 is 1.55 bits per heavy atom. The predicted octanol–water partition coefficient (Wildman–Crippen LogP) is 3.08. The number of hydrogen-bond acceptors (Lipinski definition) is 2. The Morgan fingerprint density at radius 3 is 2.55 bits per heavy atom. The molecule has 0 saturated carbocycles. The summed E-state index contributed by atoms with van der Waals surface area (Å²) < 4.78 is -0.00366. The van der Waals surface area contributed by atoms with Crippen LogP contribution in [-0.2, 0) is 0 Å². The average Bonchev–Trinajstić information content (AvgIpc) is 1.95. The van der Waals surface area contributed by atoms with Crippen molar-refractivity contribution in [1.82, 2.24) is 0 Å².